The van der Waals surface area contributed by atoms with Gasteiger partial charge in [0.25, 0.3) is 0 Å². The second-order valence-electron chi connectivity index (χ2n) is 5.88. The molecule has 0 saturated heterocycles. The summed E-state index contributed by atoms with van der Waals surface area (Å²) >= 11 is 0. The summed E-state index contributed by atoms with van der Waals surface area (Å²) in [5.74, 6) is -1.36. The molecule has 0 radical (unpaired) electrons. The molecule has 1 aromatic carbocycles. The molecular formula is C16H22NO4S-. The maximum Gasteiger partial charge on any atom is 0.243 e. The zero-order chi connectivity index (χ0) is 16.2. The van der Waals surface area contributed by atoms with E-state index in [4.69, 9.17) is 0 Å². The highest BCUT2D eigenvalue weighted by Crippen LogP contribution is 2.27. The second kappa shape index (κ2) is 7.24. The van der Waals surface area contributed by atoms with Crippen LogP contribution in [0.1, 0.15) is 44.1 Å². The van der Waals surface area contributed by atoms with Crippen LogP contribution >= 0.6 is 0 Å². The van der Waals surface area contributed by atoms with Crippen LogP contribution in [0.15, 0.2) is 29.2 Å². The molecule has 0 amide bonds. The molecule has 1 aliphatic rings. The lowest BCUT2D eigenvalue weighted by atomic mass is 10.1. The molecule has 6 heteroatoms. The summed E-state index contributed by atoms with van der Waals surface area (Å²) in [4.78, 5) is 11.2. The number of hydrogen-bond acceptors (Lipinski definition) is 4. The predicted octanol–water partition coefficient (Wildman–Crippen LogP) is 1.46. The van der Waals surface area contributed by atoms with Crippen LogP contribution < -0.4 is 5.11 Å². The molecule has 0 spiro atoms. The monoisotopic (exact) mass is 324 g/mol. The quantitative estimate of drug-likeness (QED) is 0.768. The molecule has 0 aromatic heterocycles. The van der Waals surface area contributed by atoms with E-state index in [9.17, 15) is 18.3 Å². The Kier molecular flexibility index (Phi) is 5.58. The first-order valence-corrected chi connectivity index (χ1v) is 9.13. The Morgan fingerprint density at radius 3 is 2.41 bits per heavy atom. The van der Waals surface area contributed by atoms with Gasteiger partial charge >= 0.3 is 0 Å². The van der Waals surface area contributed by atoms with Gasteiger partial charge in [0.15, 0.2) is 0 Å². The topological polar surface area (TPSA) is 77.5 Å². The molecular weight excluding hydrogens is 302 g/mol. The zero-order valence-corrected chi connectivity index (χ0v) is 13.6. The first-order valence-electron chi connectivity index (χ1n) is 7.69. The zero-order valence-electron chi connectivity index (χ0n) is 12.8. The van der Waals surface area contributed by atoms with E-state index < -0.39 is 22.5 Å². The normalized spacial score (nSPS) is 17.4. The highest BCUT2D eigenvalue weighted by Gasteiger charge is 2.31. The molecule has 0 heterocycles. The molecule has 1 aliphatic carbocycles. The predicted molar refractivity (Wildman–Crippen MR) is 81.6 cm³/mol. The second-order valence-corrected chi connectivity index (χ2v) is 7.77. The van der Waals surface area contributed by atoms with Crippen molar-refractivity contribution >= 4 is 16.0 Å². The highest BCUT2D eigenvalue weighted by atomic mass is 32.2. The molecule has 0 atom stereocenters. The van der Waals surface area contributed by atoms with Gasteiger partial charge < -0.3 is 9.90 Å². The van der Waals surface area contributed by atoms with E-state index in [0.29, 0.717) is 12.8 Å². The molecule has 0 aliphatic heterocycles. The fourth-order valence-electron chi connectivity index (χ4n) is 2.99. The Morgan fingerprint density at radius 2 is 1.86 bits per heavy atom. The van der Waals surface area contributed by atoms with Crippen LogP contribution in [0, 0.1) is 6.92 Å². The molecule has 0 unspecified atom stereocenters. The molecule has 1 fully saturated rings. The van der Waals surface area contributed by atoms with Gasteiger partial charge in [-0.05, 0) is 37.5 Å². The minimum absolute atomic E-state index is 0.151. The third kappa shape index (κ3) is 4.08. The van der Waals surface area contributed by atoms with E-state index in [0.717, 1.165) is 35.6 Å². The molecule has 122 valence electrons. The van der Waals surface area contributed by atoms with Gasteiger partial charge in [-0.2, -0.15) is 4.31 Å². The van der Waals surface area contributed by atoms with E-state index in [-0.39, 0.29) is 10.9 Å². The number of aryl methyl sites for hydroxylation is 1. The molecule has 0 bridgehead atoms. The van der Waals surface area contributed by atoms with Gasteiger partial charge in [0.05, 0.1) is 17.4 Å². The number of carbonyl (C=O) groups is 1. The minimum atomic E-state index is -3.82. The first kappa shape index (κ1) is 17.0. The number of aliphatic carboxylic acids is 1. The standard InChI is InChI=1S/C16H23NO4S/c1-13-7-6-10-15(11-13)22(20,21)17(12-16(18)19)14-8-4-2-3-5-9-14/h6-7,10-11,14H,2-5,8-9,12H2,1H3,(H,18,19)/p-1. The van der Waals surface area contributed by atoms with Crippen molar-refractivity contribution in [1.82, 2.24) is 4.31 Å². The van der Waals surface area contributed by atoms with Crippen LogP contribution in [-0.4, -0.2) is 31.3 Å². The Morgan fingerprint density at radius 1 is 1.23 bits per heavy atom. The molecule has 5 nitrogen and oxygen atoms in total. The van der Waals surface area contributed by atoms with Crippen molar-refractivity contribution in [2.75, 3.05) is 6.54 Å². The van der Waals surface area contributed by atoms with Crippen molar-refractivity contribution in [3.05, 3.63) is 29.8 Å². The molecule has 2 rings (SSSR count). The van der Waals surface area contributed by atoms with Crippen molar-refractivity contribution in [2.45, 2.75) is 56.4 Å². The van der Waals surface area contributed by atoms with Gasteiger partial charge in [-0.3, -0.25) is 0 Å². The summed E-state index contributed by atoms with van der Waals surface area (Å²) in [6.45, 7) is 1.23. The van der Waals surface area contributed by atoms with Crippen molar-refractivity contribution in [3.8, 4) is 0 Å². The van der Waals surface area contributed by atoms with Gasteiger partial charge in [-0.1, -0.05) is 37.8 Å². The summed E-state index contributed by atoms with van der Waals surface area (Å²) in [5, 5.41) is 11.1. The van der Waals surface area contributed by atoms with E-state index >= 15 is 0 Å². The van der Waals surface area contributed by atoms with E-state index in [1.807, 2.05) is 13.0 Å². The Labute approximate surface area is 132 Å². The van der Waals surface area contributed by atoms with E-state index in [1.54, 1.807) is 12.1 Å². The Bertz CT molecular complexity index is 619. The van der Waals surface area contributed by atoms with Gasteiger partial charge in [-0.25, -0.2) is 8.42 Å². The third-order valence-corrected chi connectivity index (χ3v) is 6.01. The average Bonchev–Trinajstić information content (AvgIpc) is 2.73. The number of sulfonamides is 1. The maximum absolute atomic E-state index is 12.9. The van der Waals surface area contributed by atoms with Crippen LogP contribution in [0.4, 0.5) is 0 Å². The van der Waals surface area contributed by atoms with Gasteiger partial charge in [0, 0.05) is 6.04 Å². The average molecular weight is 324 g/mol. The van der Waals surface area contributed by atoms with E-state index in [1.165, 1.54) is 6.07 Å². The third-order valence-electron chi connectivity index (χ3n) is 4.11. The molecule has 1 saturated carbocycles. The lowest BCUT2D eigenvalue weighted by Gasteiger charge is -2.30. The summed E-state index contributed by atoms with van der Waals surface area (Å²) < 4.78 is 26.9. The Balaban J connectivity index is 2.36. The summed E-state index contributed by atoms with van der Waals surface area (Å²) in [6, 6.07) is 6.32. The van der Waals surface area contributed by atoms with Crippen molar-refractivity contribution in [1.29, 1.82) is 0 Å². The lowest BCUT2D eigenvalue weighted by Crippen LogP contribution is -2.46. The summed E-state index contributed by atoms with van der Waals surface area (Å²) in [6.07, 6.45) is 5.41. The fourth-order valence-corrected chi connectivity index (χ4v) is 4.73. The minimum Gasteiger partial charge on any atom is -0.549 e. The van der Waals surface area contributed by atoms with Crippen LogP contribution in [-0.2, 0) is 14.8 Å². The Hall–Kier alpha value is -1.40. The van der Waals surface area contributed by atoms with E-state index in [2.05, 4.69) is 0 Å². The van der Waals surface area contributed by atoms with Crippen molar-refractivity contribution < 1.29 is 18.3 Å². The number of carbonyl (C=O) groups excluding carboxylic acids is 1. The number of carboxylic acids is 1. The summed E-state index contributed by atoms with van der Waals surface area (Å²) in [7, 11) is -3.82. The van der Waals surface area contributed by atoms with Crippen LogP contribution in [0.3, 0.4) is 0 Å². The molecule has 1 aromatic rings. The molecule has 22 heavy (non-hydrogen) atoms. The smallest absolute Gasteiger partial charge is 0.243 e. The first-order chi connectivity index (χ1) is 10.4. The van der Waals surface area contributed by atoms with Gasteiger partial charge in [-0.15, -0.1) is 0 Å². The number of carboxylic acid groups (broad SMARTS) is 1. The van der Waals surface area contributed by atoms with Crippen LogP contribution in [0.2, 0.25) is 0 Å². The SMILES string of the molecule is Cc1cccc(S(=O)(=O)N(CC(=O)[O-])C2CCCCCC2)c1. The van der Waals surface area contributed by atoms with Gasteiger partial charge in [0.1, 0.15) is 0 Å². The number of nitrogens with zero attached hydrogens (tertiary/aromatic N) is 1. The van der Waals surface area contributed by atoms with Crippen LogP contribution in [0.25, 0.3) is 0 Å². The molecule has 0 N–H and O–H groups in total. The number of rotatable bonds is 5. The van der Waals surface area contributed by atoms with Crippen molar-refractivity contribution in [2.24, 2.45) is 0 Å². The van der Waals surface area contributed by atoms with Crippen LogP contribution in [0.5, 0.6) is 0 Å². The largest absolute Gasteiger partial charge is 0.549 e. The maximum atomic E-state index is 12.9. The lowest BCUT2D eigenvalue weighted by molar-refractivity contribution is -0.305. The number of benzene rings is 1. The fraction of sp³-hybridized carbons (Fsp3) is 0.562. The highest BCUT2D eigenvalue weighted by molar-refractivity contribution is 7.89. The van der Waals surface area contributed by atoms with Crippen molar-refractivity contribution in [3.63, 3.8) is 0 Å². The van der Waals surface area contributed by atoms with Gasteiger partial charge in [0.2, 0.25) is 10.0 Å². The number of hydrogen-bond donors (Lipinski definition) is 0. The summed E-state index contributed by atoms with van der Waals surface area (Å²) in [5.41, 5.74) is 0.829.